The van der Waals surface area contributed by atoms with Crippen molar-refractivity contribution >= 4 is 65.2 Å². The molecule has 0 spiro atoms. The van der Waals surface area contributed by atoms with Crippen molar-refractivity contribution < 1.29 is 0 Å². The van der Waals surface area contributed by atoms with Crippen LogP contribution in [-0.4, -0.2) is 17.0 Å². The summed E-state index contributed by atoms with van der Waals surface area (Å²) in [5, 5.41) is 4.33. The van der Waals surface area contributed by atoms with Gasteiger partial charge in [0.2, 0.25) is 0 Å². The molecule has 2 unspecified atom stereocenters. The van der Waals surface area contributed by atoms with Crippen molar-refractivity contribution in [3.63, 3.8) is 0 Å². The second kappa shape index (κ2) is 6.31. The van der Waals surface area contributed by atoms with Gasteiger partial charge in [-0.1, -0.05) is 22.9 Å². The maximum absolute atomic E-state index is 3.66. The summed E-state index contributed by atoms with van der Waals surface area (Å²) in [5.41, 5.74) is 1.16. The number of anilines is 1. The highest BCUT2D eigenvalue weighted by Gasteiger charge is 2.23. The molecule has 0 aliphatic carbocycles. The second-order valence-electron chi connectivity index (χ2n) is 4.21. The van der Waals surface area contributed by atoms with Crippen LogP contribution >= 0.6 is 59.6 Å². The molecule has 1 aromatic carbocycles. The molecule has 1 aliphatic heterocycles. The first kappa shape index (κ1) is 14.2. The number of rotatable bonds is 2. The zero-order valence-corrected chi connectivity index (χ0v) is 15.0. The van der Waals surface area contributed by atoms with Crippen molar-refractivity contribution in [1.82, 2.24) is 0 Å². The molecule has 94 valence electrons. The Morgan fingerprint density at radius 2 is 1.88 bits per heavy atom. The fourth-order valence-corrected chi connectivity index (χ4v) is 5.61. The van der Waals surface area contributed by atoms with Gasteiger partial charge in [-0.15, -0.1) is 0 Å². The van der Waals surface area contributed by atoms with Gasteiger partial charge >= 0.3 is 0 Å². The van der Waals surface area contributed by atoms with E-state index in [0.717, 1.165) is 19.1 Å². The highest BCUT2D eigenvalue weighted by atomic mass is 79.9. The standard InChI is InChI=1S/C12H14Br3NS/c1-7-11(3-2-4-17-7)16-12-9(14)5-8(13)6-10(12)15/h5-7,11,16H,2-4H2,1H3. The van der Waals surface area contributed by atoms with Gasteiger partial charge in [-0.05, 0) is 62.6 Å². The molecule has 1 aliphatic rings. The largest absolute Gasteiger partial charge is 0.379 e. The van der Waals surface area contributed by atoms with Gasteiger partial charge < -0.3 is 5.32 Å². The minimum absolute atomic E-state index is 0.558. The van der Waals surface area contributed by atoms with Crippen LogP contribution in [0.5, 0.6) is 0 Å². The average Bonchev–Trinajstić information content (AvgIpc) is 2.25. The van der Waals surface area contributed by atoms with E-state index in [2.05, 4.69) is 83.9 Å². The molecule has 1 saturated heterocycles. The molecule has 1 heterocycles. The van der Waals surface area contributed by atoms with Crippen LogP contribution in [0.2, 0.25) is 0 Å². The zero-order valence-electron chi connectivity index (χ0n) is 9.47. The molecule has 5 heteroatoms. The van der Waals surface area contributed by atoms with Crippen LogP contribution < -0.4 is 5.32 Å². The van der Waals surface area contributed by atoms with Gasteiger partial charge in [0.15, 0.2) is 0 Å². The molecule has 1 N–H and O–H groups in total. The second-order valence-corrected chi connectivity index (χ2v) is 8.32. The first-order valence-corrected chi connectivity index (χ1v) is 9.03. The summed E-state index contributed by atoms with van der Waals surface area (Å²) < 4.78 is 3.27. The van der Waals surface area contributed by atoms with Crippen LogP contribution in [-0.2, 0) is 0 Å². The molecular weight excluding hydrogens is 430 g/mol. The first-order chi connectivity index (χ1) is 8.08. The Morgan fingerprint density at radius 3 is 2.47 bits per heavy atom. The SMILES string of the molecule is CC1SCCCC1Nc1c(Br)cc(Br)cc1Br. The van der Waals surface area contributed by atoms with Crippen LogP contribution in [0.1, 0.15) is 19.8 Å². The van der Waals surface area contributed by atoms with Crippen LogP contribution in [0.15, 0.2) is 25.6 Å². The molecule has 2 atom stereocenters. The summed E-state index contributed by atoms with van der Waals surface area (Å²) in [6.07, 6.45) is 2.56. The fraction of sp³-hybridized carbons (Fsp3) is 0.500. The lowest BCUT2D eigenvalue weighted by Crippen LogP contribution is -2.33. The summed E-state index contributed by atoms with van der Waals surface area (Å²) in [6, 6.07) is 4.71. The van der Waals surface area contributed by atoms with E-state index in [0.29, 0.717) is 11.3 Å². The van der Waals surface area contributed by atoms with Crippen molar-refractivity contribution in [1.29, 1.82) is 0 Å². The van der Waals surface area contributed by atoms with E-state index in [1.807, 2.05) is 0 Å². The normalized spacial score (nSPS) is 24.7. The van der Waals surface area contributed by atoms with Crippen molar-refractivity contribution in [3.8, 4) is 0 Å². The Hall–Kier alpha value is 0.810. The lowest BCUT2D eigenvalue weighted by molar-refractivity contribution is 0.617. The van der Waals surface area contributed by atoms with E-state index in [4.69, 9.17) is 0 Å². The van der Waals surface area contributed by atoms with Crippen molar-refractivity contribution in [2.24, 2.45) is 0 Å². The van der Waals surface area contributed by atoms with Gasteiger partial charge in [-0.25, -0.2) is 0 Å². The van der Waals surface area contributed by atoms with Gasteiger partial charge in [-0.3, -0.25) is 0 Å². The summed E-state index contributed by atoms with van der Waals surface area (Å²) in [4.78, 5) is 0. The number of hydrogen-bond acceptors (Lipinski definition) is 2. The van der Waals surface area contributed by atoms with Crippen molar-refractivity contribution in [3.05, 3.63) is 25.6 Å². The average molecular weight is 444 g/mol. The third kappa shape index (κ3) is 3.64. The number of halogens is 3. The van der Waals surface area contributed by atoms with E-state index in [1.165, 1.54) is 18.6 Å². The molecule has 1 fully saturated rings. The number of thioether (sulfide) groups is 1. The molecule has 1 nitrogen and oxygen atoms in total. The van der Waals surface area contributed by atoms with Gasteiger partial charge in [0.25, 0.3) is 0 Å². The lowest BCUT2D eigenvalue weighted by Gasteiger charge is -2.30. The molecule has 0 amide bonds. The number of hydrogen-bond donors (Lipinski definition) is 1. The molecule has 0 aromatic heterocycles. The zero-order chi connectivity index (χ0) is 12.4. The summed E-state index contributed by atoms with van der Waals surface area (Å²) in [5.74, 6) is 1.29. The van der Waals surface area contributed by atoms with E-state index >= 15 is 0 Å². The van der Waals surface area contributed by atoms with E-state index in [1.54, 1.807) is 0 Å². The van der Waals surface area contributed by atoms with Crippen LogP contribution in [0, 0.1) is 0 Å². The summed E-state index contributed by atoms with van der Waals surface area (Å²) in [6.45, 7) is 2.31. The quantitative estimate of drug-likeness (QED) is 0.632. The lowest BCUT2D eigenvalue weighted by atomic mass is 10.1. The number of nitrogens with one attached hydrogen (secondary N) is 1. The smallest absolute Gasteiger partial charge is 0.0632 e. The highest BCUT2D eigenvalue weighted by Crippen LogP contribution is 2.37. The molecule has 0 bridgehead atoms. The molecule has 17 heavy (non-hydrogen) atoms. The minimum Gasteiger partial charge on any atom is -0.379 e. The number of benzene rings is 1. The van der Waals surface area contributed by atoms with Crippen LogP contribution in [0.4, 0.5) is 5.69 Å². The van der Waals surface area contributed by atoms with Gasteiger partial charge in [0.1, 0.15) is 0 Å². The van der Waals surface area contributed by atoms with Gasteiger partial charge in [-0.2, -0.15) is 11.8 Å². The maximum Gasteiger partial charge on any atom is 0.0632 e. The van der Waals surface area contributed by atoms with Crippen molar-refractivity contribution in [2.75, 3.05) is 11.1 Å². The molecule has 1 aromatic rings. The Bertz CT molecular complexity index is 388. The van der Waals surface area contributed by atoms with E-state index in [-0.39, 0.29) is 0 Å². The molecule has 0 radical (unpaired) electrons. The molecule has 2 rings (SSSR count). The van der Waals surface area contributed by atoms with Crippen molar-refractivity contribution in [2.45, 2.75) is 31.1 Å². The Labute approximate surface area is 132 Å². The first-order valence-electron chi connectivity index (χ1n) is 5.60. The predicted octanol–water partition coefficient (Wildman–Crippen LogP) is 5.67. The Balaban J connectivity index is 2.17. The van der Waals surface area contributed by atoms with Crippen LogP contribution in [0.3, 0.4) is 0 Å². The van der Waals surface area contributed by atoms with Gasteiger partial charge in [0.05, 0.1) is 5.69 Å². The van der Waals surface area contributed by atoms with Crippen LogP contribution in [0.25, 0.3) is 0 Å². The summed E-state index contributed by atoms with van der Waals surface area (Å²) in [7, 11) is 0. The third-order valence-corrected chi connectivity index (χ3v) is 6.03. The molecular formula is C12H14Br3NS. The topological polar surface area (TPSA) is 12.0 Å². The Morgan fingerprint density at radius 1 is 1.24 bits per heavy atom. The highest BCUT2D eigenvalue weighted by molar-refractivity contribution is 9.11. The predicted molar refractivity (Wildman–Crippen MR) is 88.1 cm³/mol. The monoisotopic (exact) mass is 441 g/mol. The summed E-state index contributed by atoms with van der Waals surface area (Å²) >= 11 is 12.8. The minimum atomic E-state index is 0.558. The maximum atomic E-state index is 3.66. The Kier molecular flexibility index (Phi) is 5.28. The van der Waals surface area contributed by atoms with Gasteiger partial charge in [0, 0.05) is 24.7 Å². The van der Waals surface area contributed by atoms with E-state index < -0.39 is 0 Å². The third-order valence-electron chi connectivity index (χ3n) is 2.94. The fourth-order valence-electron chi connectivity index (χ4n) is 1.98. The van der Waals surface area contributed by atoms with E-state index in [9.17, 15) is 0 Å². The molecule has 0 saturated carbocycles.